The predicted molar refractivity (Wildman–Crippen MR) is 132 cm³/mol. The van der Waals surface area contributed by atoms with Gasteiger partial charge >= 0.3 is 6.03 Å². The molecule has 34 heavy (non-hydrogen) atoms. The third-order valence-electron chi connectivity index (χ3n) is 5.01. The molecule has 0 aliphatic rings. The molecule has 1 atom stereocenters. The van der Waals surface area contributed by atoms with Crippen LogP contribution in [0.3, 0.4) is 0 Å². The molecule has 182 valence electrons. The Bertz CT molecular complexity index is 1010. The Morgan fingerprint density at radius 1 is 0.882 bits per heavy atom. The number of carbonyl (C=O) groups excluding carboxylic acids is 3. The third kappa shape index (κ3) is 9.19. The van der Waals surface area contributed by atoms with Gasteiger partial charge in [-0.1, -0.05) is 41.5 Å². The molecule has 0 aliphatic carbocycles. The zero-order valence-electron chi connectivity index (χ0n) is 19.6. The van der Waals surface area contributed by atoms with Crippen molar-refractivity contribution in [3.8, 4) is 0 Å². The van der Waals surface area contributed by atoms with Crippen molar-refractivity contribution in [3.63, 3.8) is 0 Å². The van der Waals surface area contributed by atoms with E-state index in [0.29, 0.717) is 31.5 Å². The summed E-state index contributed by atoms with van der Waals surface area (Å²) in [6, 6.07) is 11.6. The van der Waals surface area contributed by atoms with E-state index in [2.05, 4.69) is 20.9 Å². The number of amides is 4. The minimum Gasteiger partial charge on any atom is -0.370 e. The fraction of sp³-hybridized carbons (Fsp3) is 0.333. The minimum atomic E-state index is -0.749. The SMILES string of the molecule is Cc1cc(C)cc(C(=O)N[C@H](CCCN=C(N)N)C(=O)NCc2ccc(CNC(N)=O)cc2)c1. The number of urea groups is 1. The van der Waals surface area contributed by atoms with Crippen LogP contribution in [0, 0.1) is 13.8 Å². The van der Waals surface area contributed by atoms with E-state index in [1.54, 1.807) is 12.1 Å². The Morgan fingerprint density at radius 2 is 1.44 bits per heavy atom. The summed E-state index contributed by atoms with van der Waals surface area (Å²) < 4.78 is 0. The van der Waals surface area contributed by atoms with Gasteiger partial charge in [-0.15, -0.1) is 0 Å². The number of rotatable bonds is 11. The van der Waals surface area contributed by atoms with Crippen molar-refractivity contribution in [2.75, 3.05) is 6.54 Å². The highest BCUT2D eigenvalue weighted by atomic mass is 16.2. The summed E-state index contributed by atoms with van der Waals surface area (Å²) in [6.07, 6.45) is 0.890. The van der Waals surface area contributed by atoms with Crippen LogP contribution in [-0.2, 0) is 17.9 Å². The number of aliphatic imine (C=N–C) groups is 1. The Morgan fingerprint density at radius 3 is 1.97 bits per heavy atom. The van der Waals surface area contributed by atoms with E-state index in [-0.39, 0.29) is 24.3 Å². The first kappa shape index (κ1) is 26.2. The van der Waals surface area contributed by atoms with Crippen LogP contribution >= 0.6 is 0 Å². The summed E-state index contributed by atoms with van der Waals surface area (Å²) in [4.78, 5) is 40.5. The van der Waals surface area contributed by atoms with Crippen LogP contribution in [0.25, 0.3) is 0 Å². The van der Waals surface area contributed by atoms with E-state index in [1.807, 2.05) is 44.2 Å². The molecule has 0 aromatic heterocycles. The topological polar surface area (TPSA) is 178 Å². The first-order valence-corrected chi connectivity index (χ1v) is 11.0. The molecular formula is C24H33N7O3. The van der Waals surface area contributed by atoms with Gasteiger partial charge in [-0.2, -0.15) is 0 Å². The molecule has 2 aromatic rings. The number of aryl methyl sites for hydroxylation is 2. The zero-order valence-corrected chi connectivity index (χ0v) is 19.6. The van der Waals surface area contributed by atoms with Crippen molar-refractivity contribution in [2.45, 2.75) is 45.8 Å². The van der Waals surface area contributed by atoms with Gasteiger partial charge in [-0.3, -0.25) is 14.6 Å². The van der Waals surface area contributed by atoms with Crippen LogP contribution in [0.15, 0.2) is 47.5 Å². The van der Waals surface area contributed by atoms with E-state index in [0.717, 1.165) is 22.3 Å². The van der Waals surface area contributed by atoms with Gasteiger partial charge in [0.15, 0.2) is 5.96 Å². The molecule has 4 amide bonds. The number of hydrogen-bond acceptors (Lipinski definition) is 4. The maximum absolute atomic E-state index is 12.9. The van der Waals surface area contributed by atoms with Crippen LogP contribution < -0.4 is 33.2 Å². The van der Waals surface area contributed by atoms with Crippen molar-refractivity contribution in [1.82, 2.24) is 16.0 Å². The molecule has 9 N–H and O–H groups in total. The Hall–Kier alpha value is -4.08. The summed E-state index contributed by atoms with van der Waals surface area (Å²) in [5, 5.41) is 8.22. The van der Waals surface area contributed by atoms with Crippen LogP contribution in [-0.4, -0.2) is 36.4 Å². The molecule has 0 bridgehead atoms. The smallest absolute Gasteiger partial charge is 0.312 e. The summed E-state index contributed by atoms with van der Waals surface area (Å²) in [7, 11) is 0. The minimum absolute atomic E-state index is 0.0188. The van der Waals surface area contributed by atoms with Gasteiger partial charge in [0.05, 0.1) is 0 Å². The van der Waals surface area contributed by atoms with Crippen LogP contribution in [0.1, 0.15) is 45.5 Å². The third-order valence-corrected chi connectivity index (χ3v) is 5.01. The molecule has 0 aliphatic heterocycles. The second kappa shape index (κ2) is 12.8. The molecule has 0 saturated heterocycles. The van der Waals surface area contributed by atoms with Crippen LogP contribution in [0.5, 0.6) is 0 Å². The molecule has 2 rings (SSSR count). The van der Waals surface area contributed by atoms with Gasteiger partial charge in [-0.25, -0.2) is 4.79 Å². The molecule has 0 unspecified atom stereocenters. The van der Waals surface area contributed by atoms with E-state index in [4.69, 9.17) is 17.2 Å². The monoisotopic (exact) mass is 467 g/mol. The fourth-order valence-corrected chi connectivity index (χ4v) is 3.40. The maximum atomic E-state index is 12.9. The summed E-state index contributed by atoms with van der Waals surface area (Å²) in [5.41, 5.74) is 20.0. The largest absolute Gasteiger partial charge is 0.370 e. The second-order valence-corrected chi connectivity index (χ2v) is 8.10. The lowest BCUT2D eigenvalue weighted by molar-refractivity contribution is -0.123. The van der Waals surface area contributed by atoms with Gasteiger partial charge in [0.2, 0.25) is 5.91 Å². The second-order valence-electron chi connectivity index (χ2n) is 8.10. The van der Waals surface area contributed by atoms with Crippen LogP contribution in [0.4, 0.5) is 4.79 Å². The van der Waals surface area contributed by atoms with Gasteiger partial charge in [-0.05, 0) is 49.9 Å². The highest BCUT2D eigenvalue weighted by Crippen LogP contribution is 2.10. The van der Waals surface area contributed by atoms with Crippen molar-refractivity contribution >= 4 is 23.8 Å². The number of nitrogens with one attached hydrogen (secondary N) is 3. The van der Waals surface area contributed by atoms with E-state index in [1.165, 1.54) is 0 Å². The summed E-state index contributed by atoms with van der Waals surface area (Å²) >= 11 is 0. The standard InChI is InChI=1S/C24H33N7O3/c1-15-10-16(2)12-19(11-15)21(32)31-20(4-3-9-28-23(25)26)22(33)29-13-17-5-7-18(8-6-17)14-30-24(27)34/h5-8,10-12,20H,3-4,9,13-14H2,1-2H3,(H,29,33)(H,31,32)(H4,25,26,28)(H3,27,30,34)/t20-/m1/s1. The van der Waals surface area contributed by atoms with Gasteiger partial charge in [0, 0.05) is 25.2 Å². The predicted octanol–water partition coefficient (Wildman–Crippen LogP) is 0.940. The van der Waals surface area contributed by atoms with Gasteiger partial charge in [0.1, 0.15) is 6.04 Å². The lowest BCUT2D eigenvalue weighted by Crippen LogP contribution is -2.46. The zero-order chi connectivity index (χ0) is 25.1. The Kier molecular flexibility index (Phi) is 9.88. The molecule has 0 spiro atoms. The van der Waals surface area contributed by atoms with E-state index in [9.17, 15) is 14.4 Å². The lowest BCUT2D eigenvalue weighted by Gasteiger charge is -2.19. The fourth-order valence-electron chi connectivity index (χ4n) is 3.40. The summed E-state index contributed by atoms with van der Waals surface area (Å²) in [6.45, 7) is 4.79. The number of hydrogen-bond donors (Lipinski definition) is 6. The molecule has 2 aromatic carbocycles. The Balaban J connectivity index is 2.02. The van der Waals surface area contributed by atoms with E-state index < -0.39 is 12.1 Å². The molecule has 0 fully saturated rings. The number of benzene rings is 2. The number of carbonyl (C=O) groups is 3. The average molecular weight is 468 g/mol. The number of primary amides is 1. The Labute approximate surface area is 199 Å². The van der Waals surface area contributed by atoms with Gasteiger partial charge < -0.3 is 33.2 Å². The van der Waals surface area contributed by atoms with Crippen molar-refractivity contribution in [3.05, 3.63) is 70.3 Å². The molecule has 10 nitrogen and oxygen atoms in total. The average Bonchev–Trinajstić information content (AvgIpc) is 2.77. The maximum Gasteiger partial charge on any atom is 0.312 e. The van der Waals surface area contributed by atoms with Crippen molar-refractivity contribution in [2.24, 2.45) is 22.2 Å². The number of nitrogens with two attached hydrogens (primary N) is 3. The molecule has 0 saturated carbocycles. The first-order valence-electron chi connectivity index (χ1n) is 11.0. The van der Waals surface area contributed by atoms with Crippen LogP contribution in [0.2, 0.25) is 0 Å². The first-order chi connectivity index (χ1) is 16.1. The quantitative estimate of drug-likeness (QED) is 0.163. The highest BCUT2D eigenvalue weighted by molar-refractivity contribution is 5.97. The van der Waals surface area contributed by atoms with Gasteiger partial charge in [0.25, 0.3) is 5.91 Å². The number of guanidine groups is 1. The summed E-state index contributed by atoms with van der Waals surface area (Å²) in [5.74, 6) is -0.642. The molecule has 0 heterocycles. The molecular weight excluding hydrogens is 434 g/mol. The molecule has 10 heteroatoms. The highest BCUT2D eigenvalue weighted by Gasteiger charge is 2.21. The number of nitrogens with zero attached hydrogens (tertiary/aromatic N) is 1. The molecule has 0 radical (unpaired) electrons. The van der Waals surface area contributed by atoms with Crippen molar-refractivity contribution in [1.29, 1.82) is 0 Å². The van der Waals surface area contributed by atoms with E-state index >= 15 is 0 Å². The lowest BCUT2D eigenvalue weighted by atomic mass is 10.1. The van der Waals surface area contributed by atoms with Crippen molar-refractivity contribution < 1.29 is 14.4 Å². The normalized spacial score (nSPS) is 11.2.